The standard InChI is InChI=1S/C16H28N4O2/c1-12(2)20-15(8-10-17-20)19-16(22)18-14(9-11-21)13-6-4-3-5-7-13/h8,10,12-14,21H,3-7,9,11H2,1-2H3,(H2,18,19,22). The van der Waals surface area contributed by atoms with Crippen LogP contribution in [0.4, 0.5) is 10.6 Å². The molecule has 2 rings (SSSR count). The second kappa shape index (κ2) is 8.17. The summed E-state index contributed by atoms with van der Waals surface area (Å²) >= 11 is 0. The molecule has 0 spiro atoms. The first-order chi connectivity index (χ1) is 10.6. The zero-order valence-electron chi connectivity index (χ0n) is 13.6. The number of aliphatic hydroxyl groups excluding tert-OH is 1. The minimum absolute atomic E-state index is 0.0423. The number of carbonyl (C=O) groups excluding carboxylic acids is 1. The summed E-state index contributed by atoms with van der Waals surface area (Å²) in [4.78, 5) is 12.3. The second-order valence-electron chi connectivity index (χ2n) is 6.37. The van der Waals surface area contributed by atoms with E-state index in [9.17, 15) is 9.90 Å². The maximum absolute atomic E-state index is 12.3. The van der Waals surface area contributed by atoms with Crippen molar-refractivity contribution in [1.29, 1.82) is 0 Å². The third kappa shape index (κ3) is 4.47. The van der Waals surface area contributed by atoms with Crippen molar-refractivity contribution in [1.82, 2.24) is 15.1 Å². The maximum atomic E-state index is 12.3. The van der Waals surface area contributed by atoms with Crippen molar-refractivity contribution in [3.63, 3.8) is 0 Å². The van der Waals surface area contributed by atoms with Gasteiger partial charge in [-0.3, -0.25) is 5.32 Å². The van der Waals surface area contributed by atoms with Crippen LogP contribution in [0.1, 0.15) is 58.4 Å². The number of rotatable bonds is 6. The number of amides is 2. The molecular weight excluding hydrogens is 280 g/mol. The first-order valence-corrected chi connectivity index (χ1v) is 8.33. The highest BCUT2D eigenvalue weighted by Gasteiger charge is 2.25. The van der Waals surface area contributed by atoms with Crippen molar-refractivity contribution < 1.29 is 9.90 Å². The van der Waals surface area contributed by atoms with Gasteiger partial charge in [-0.05, 0) is 39.0 Å². The van der Waals surface area contributed by atoms with Crippen LogP contribution in [0.2, 0.25) is 0 Å². The molecule has 6 nitrogen and oxygen atoms in total. The molecule has 1 aliphatic carbocycles. The summed E-state index contributed by atoms with van der Waals surface area (Å²) in [5, 5.41) is 19.4. The molecule has 1 aromatic rings. The SMILES string of the molecule is CC(C)n1nccc1NC(=O)NC(CCO)C1CCCCC1. The molecule has 0 saturated heterocycles. The fourth-order valence-corrected chi connectivity index (χ4v) is 3.25. The van der Waals surface area contributed by atoms with Gasteiger partial charge in [0.1, 0.15) is 5.82 Å². The molecule has 124 valence electrons. The molecule has 1 heterocycles. The predicted molar refractivity (Wildman–Crippen MR) is 86.8 cm³/mol. The summed E-state index contributed by atoms with van der Waals surface area (Å²) in [7, 11) is 0. The van der Waals surface area contributed by atoms with Crippen molar-refractivity contribution >= 4 is 11.8 Å². The van der Waals surface area contributed by atoms with Gasteiger partial charge >= 0.3 is 6.03 Å². The summed E-state index contributed by atoms with van der Waals surface area (Å²) in [6.07, 6.45) is 8.28. The van der Waals surface area contributed by atoms with Gasteiger partial charge in [-0.2, -0.15) is 5.10 Å². The smallest absolute Gasteiger partial charge is 0.320 e. The van der Waals surface area contributed by atoms with Crippen LogP contribution in [0.25, 0.3) is 0 Å². The van der Waals surface area contributed by atoms with Crippen LogP contribution in [-0.4, -0.2) is 33.6 Å². The number of aliphatic hydroxyl groups is 1. The van der Waals surface area contributed by atoms with E-state index >= 15 is 0 Å². The monoisotopic (exact) mass is 308 g/mol. The molecule has 0 aliphatic heterocycles. The Morgan fingerprint density at radius 3 is 2.77 bits per heavy atom. The zero-order valence-corrected chi connectivity index (χ0v) is 13.6. The molecule has 1 atom stereocenters. The molecular formula is C16H28N4O2. The Kier molecular flexibility index (Phi) is 6.24. The van der Waals surface area contributed by atoms with E-state index in [1.807, 2.05) is 13.8 Å². The number of anilines is 1. The summed E-state index contributed by atoms with van der Waals surface area (Å²) < 4.78 is 1.78. The number of nitrogens with zero attached hydrogens (tertiary/aromatic N) is 2. The van der Waals surface area contributed by atoms with Gasteiger partial charge in [0.15, 0.2) is 0 Å². The molecule has 1 aliphatic rings. The van der Waals surface area contributed by atoms with Gasteiger partial charge in [0, 0.05) is 24.8 Å². The van der Waals surface area contributed by atoms with Crippen LogP contribution < -0.4 is 10.6 Å². The van der Waals surface area contributed by atoms with E-state index in [1.54, 1.807) is 16.9 Å². The lowest BCUT2D eigenvalue weighted by molar-refractivity contribution is 0.202. The number of hydrogen-bond acceptors (Lipinski definition) is 3. The lowest BCUT2D eigenvalue weighted by Crippen LogP contribution is -2.44. The predicted octanol–water partition coefficient (Wildman–Crippen LogP) is 2.92. The summed E-state index contributed by atoms with van der Waals surface area (Å²) in [6, 6.07) is 1.81. The minimum Gasteiger partial charge on any atom is -0.396 e. The molecule has 22 heavy (non-hydrogen) atoms. The number of hydrogen-bond donors (Lipinski definition) is 3. The second-order valence-corrected chi connectivity index (χ2v) is 6.37. The van der Waals surface area contributed by atoms with E-state index in [4.69, 9.17) is 0 Å². The highest BCUT2D eigenvalue weighted by atomic mass is 16.3. The largest absolute Gasteiger partial charge is 0.396 e. The average molecular weight is 308 g/mol. The molecule has 0 radical (unpaired) electrons. The van der Waals surface area contributed by atoms with Crippen molar-refractivity contribution in [2.24, 2.45) is 5.92 Å². The van der Waals surface area contributed by atoms with E-state index in [0.717, 1.165) is 12.8 Å². The van der Waals surface area contributed by atoms with Gasteiger partial charge in [0.05, 0.1) is 6.20 Å². The van der Waals surface area contributed by atoms with Crippen LogP contribution in [0.5, 0.6) is 0 Å². The van der Waals surface area contributed by atoms with Crippen molar-refractivity contribution in [2.45, 2.75) is 64.5 Å². The van der Waals surface area contributed by atoms with Gasteiger partial charge in [-0.1, -0.05) is 19.3 Å². The topological polar surface area (TPSA) is 79.2 Å². The van der Waals surface area contributed by atoms with Crippen molar-refractivity contribution in [3.8, 4) is 0 Å². The minimum atomic E-state index is -0.216. The Balaban J connectivity index is 1.94. The highest BCUT2D eigenvalue weighted by Crippen LogP contribution is 2.27. The fraction of sp³-hybridized carbons (Fsp3) is 0.750. The van der Waals surface area contributed by atoms with E-state index in [1.165, 1.54) is 19.3 Å². The van der Waals surface area contributed by atoms with E-state index in [-0.39, 0.29) is 24.7 Å². The van der Waals surface area contributed by atoms with Crippen molar-refractivity contribution in [3.05, 3.63) is 12.3 Å². The summed E-state index contributed by atoms with van der Waals surface area (Å²) in [5.41, 5.74) is 0. The van der Waals surface area contributed by atoms with Crippen molar-refractivity contribution in [2.75, 3.05) is 11.9 Å². The number of aromatic nitrogens is 2. The van der Waals surface area contributed by atoms with E-state index in [0.29, 0.717) is 18.2 Å². The summed E-state index contributed by atoms with van der Waals surface area (Å²) in [6.45, 7) is 4.14. The average Bonchev–Trinajstić information content (AvgIpc) is 2.96. The molecule has 1 saturated carbocycles. The van der Waals surface area contributed by atoms with Gasteiger partial charge in [0.2, 0.25) is 0 Å². The quantitative estimate of drug-likeness (QED) is 0.756. The lowest BCUT2D eigenvalue weighted by atomic mass is 9.83. The number of urea groups is 1. The van der Waals surface area contributed by atoms with Crippen LogP contribution in [0.15, 0.2) is 12.3 Å². The van der Waals surface area contributed by atoms with Crippen LogP contribution >= 0.6 is 0 Å². The van der Waals surface area contributed by atoms with Crippen LogP contribution in [-0.2, 0) is 0 Å². The van der Waals surface area contributed by atoms with Crippen LogP contribution in [0.3, 0.4) is 0 Å². The fourth-order valence-electron chi connectivity index (χ4n) is 3.25. The third-order valence-corrected chi connectivity index (χ3v) is 4.38. The normalized spacial score (nSPS) is 17.5. The van der Waals surface area contributed by atoms with Gasteiger partial charge < -0.3 is 10.4 Å². The Bertz CT molecular complexity index is 466. The molecule has 3 N–H and O–H groups in total. The lowest BCUT2D eigenvalue weighted by Gasteiger charge is -2.30. The molecule has 0 aromatic carbocycles. The molecule has 1 fully saturated rings. The number of carbonyl (C=O) groups is 1. The first-order valence-electron chi connectivity index (χ1n) is 8.33. The molecule has 1 aromatic heterocycles. The highest BCUT2D eigenvalue weighted by molar-refractivity contribution is 5.88. The van der Waals surface area contributed by atoms with Gasteiger partial charge in [-0.15, -0.1) is 0 Å². The van der Waals surface area contributed by atoms with Gasteiger partial charge in [-0.25, -0.2) is 9.48 Å². The molecule has 0 bridgehead atoms. The molecule has 6 heteroatoms. The van der Waals surface area contributed by atoms with Gasteiger partial charge in [0.25, 0.3) is 0 Å². The molecule has 1 unspecified atom stereocenters. The Labute approximate surface area is 132 Å². The zero-order chi connectivity index (χ0) is 15.9. The Morgan fingerprint density at radius 1 is 1.41 bits per heavy atom. The van der Waals surface area contributed by atoms with E-state index in [2.05, 4.69) is 15.7 Å². The number of nitrogens with one attached hydrogen (secondary N) is 2. The molecule has 2 amide bonds. The van der Waals surface area contributed by atoms with E-state index < -0.39 is 0 Å². The first kappa shape index (κ1) is 16.8. The van der Waals surface area contributed by atoms with Crippen LogP contribution in [0, 0.1) is 5.92 Å². The maximum Gasteiger partial charge on any atom is 0.320 e. The third-order valence-electron chi connectivity index (χ3n) is 4.38. The Hall–Kier alpha value is -1.56. The summed E-state index contributed by atoms with van der Waals surface area (Å²) in [5.74, 6) is 1.17. The Morgan fingerprint density at radius 2 is 2.14 bits per heavy atom.